The molecule has 0 bridgehead atoms. The van der Waals surface area contributed by atoms with Crippen LogP contribution in [0.3, 0.4) is 0 Å². The van der Waals surface area contributed by atoms with Crippen molar-refractivity contribution >= 4 is 27.3 Å². The minimum Gasteiger partial charge on any atom is -0.493 e. The topological polar surface area (TPSA) is 55.8 Å². The molecule has 0 atom stereocenters. The highest BCUT2D eigenvalue weighted by molar-refractivity contribution is 7.92. The molecule has 2 aromatic carbocycles. The molecule has 8 heteroatoms. The Labute approximate surface area is 145 Å². The van der Waals surface area contributed by atoms with E-state index in [1.807, 2.05) is 0 Å². The van der Waals surface area contributed by atoms with E-state index in [2.05, 4.69) is 0 Å². The predicted molar refractivity (Wildman–Crippen MR) is 91.2 cm³/mol. The SMILES string of the molecule is CCN(c1ccc(F)c(Cl)c1)S(=O)(=O)c1ccc(OC)c(OC)c1. The maximum atomic E-state index is 13.3. The normalized spacial score (nSPS) is 11.2. The zero-order valence-corrected chi connectivity index (χ0v) is 15.0. The summed E-state index contributed by atoms with van der Waals surface area (Å²) in [6.45, 7) is 1.83. The van der Waals surface area contributed by atoms with Crippen LogP contribution in [0.5, 0.6) is 11.5 Å². The van der Waals surface area contributed by atoms with Gasteiger partial charge in [0.25, 0.3) is 10.0 Å². The van der Waals surface area contributed by atoms with Gasteiger partial charge in [-0.25, -0.2) is 12.8 Å². The molecule has 2 rings (SSSR count). The molecule has 0 N–H and O–H groups in total. The Balaban J connectivity index is 2.52. The van der Waals surface area contributed by atoms with Gasteiger partial charge in [-0.15, -0.1) is 0 Å². The molecule has 0 saturated carbocycles. The van der Waals surface area contributed by atoms with E-state index < -0.39 is 15.8 Å². The molecule has 130 valence electrons. The number of nitrogens with zero attached hydrogens (tertiary/aromatic N) is 1. The predicted octanol–water partition coefficient (Wildman–Crippen LogP) is 3.71. The smallest absolute Gasteiger partial charge is 0.264 e. The molecule has 0 fully saturated rings. The highest BCUT2D eigenvalue weighted by Crippen LogP contribution is 2.33. The van der Waals surface area contributed by atoms with E-state index >= 15 is 0 Å². The molecule has 0 radical (unpaired) electrons. The van der Waals surface area contributed by atoms with Crippen molar-refractivity contribution in [3.05, 3.63) is 47.2 Å². The van der Waals surface area contributed by atoms with Crippen LogP contribution >= 0.6 is 11.6 Å². The highest BCUT2D eigenvalue weighted by atomic mass is 35.5. The van der Waals surface area contributed by atoms with Crippen molar-refractivity contribution in [2.75, 3.05) is 25.1 Å². The largest absolute Gasteiger partial charge is 0.493 e. The summed E-state index contributed by atoms with van der Waals surface area (Å²) in [5, 5.41) is -0.145. The van der Waals surface area contributed by atoms with E-state index in [4.69, 9.17) is 21.1 Å². The molecule has 5 nitrogen and oxygen atoms in total. The molecule has 24 heavy (non-hydrogen) atoms. The van der Waals surface area contributed by atoms with Crippen LogP contribution in [0.15, 0.2) is 41.3 Å². The first-order valence-electron chi connectivity index (χ1n) is 7.05. The van der Waals surface area contributed by atoms with Gasteiger partial charge < -0.3 is 9.47 Å². The second kappa shape index (κ2) is 7.27. The Morgan fingerprint density at radius 3 is 2.29 bits per heavy atom. The molecule has 0 spiro atoms. The molecule has 2 aromatic rings. The van der Waals surface area contributed by atoms with Crippen LogP contribution in [0.25, 0.3) is 0 Å². The molecule has 0 aromatic heterocycles. The van der Waals surface area contributed by atoms with Crippen molar-refractivity contribution in [3.63, 3.8) is 0 Å². The zero-order chi connectivity index (χ0) is 17.9. The number of sulfonamides is 1. The van der Waals surface area contributed by atoms with Gasteiger partial charge in [0.05, 0.1) is 29.8 Å². The van der Waals surface area contributed by atoms with E-state index in [1.54, 1.807) is 6.92 Å². The summed E-state index contributed by atoms with van der Waals surface area (Å²) in [6.07, 6.45) is 0. The number of ether oxygens (including phenoxy) is 2. The summed E-state index contributed by atoms with van der Waals surface area (Å²) in [4.78, 5) is 0.0300. The Bertz CT molecular complexity index is 842. The molecule has 0 unspecified atom stereocenters. The monoisotopic (exact) mass is 373 g/mol. The Kier molecular flexibility index (Phi) is 5.56. The van der Waals surface area contributed by atoms with Crippen LogP contribution in [0.4, 0.5) is 10.1 Å². The zero-order valence-electron chi connectivity index (χ0n) is 13.4. The lowest BCUT2D eigenvalue weighted by Crippen LogP contribution is -2.30. The maximum Gasteiger partial charge on any atom is 0.264 e. The molecule has 0 heterocycles. The highest BCUT2D eigenvalue weighted by Gasteiger charge is 2.25. The Morgan fingerprint density at radius 2 is 1.75 bits per heavy atom. The van der Waals surface area contributed by atoms with Crippen LogP contribution in [0, 0.1) is 5.82 Å². The lowest BCUT2D eigenvalue weighted by atomic mass is 10.3. The van der Waals surface area contributed by atoms with Crippen molar-refractivity contribution < 1.29 is 22.3 Å². The number of hydrogen-bond acceptors (Lipinski definition) is 4. The molecule has 0 aliphatic carbocycles. The quantitative estimate of drug-likeness (QED) is 0.774. The minimum atomic E-state index is -3.87. The van der Waals surface area contributed by atoms with Crippen molar-refractivity contribution in [1.82, 2.24) is 0 Å². The summed E-state index contributed by atoms with van der Waals surface area (Å²) in [5.74, 6) is 0.107. The van der Waals surface area contributed by atoms with Gasteiger partial charge in [-0.2, -0.15) is 0 Å². The number of methoxy groups -OCH3 is 2. The lowest BCUT2D eigenvalue weighted by molar-refractivity contribution is 0.354. The number of hydrogen-bond donors (Lipinski definition) is 0. The van der Waals surface area contributed by atoms with Gasteiger partial charge in [-0.1, -0.05) is 11.6 Å². The average Bonchev–Trinajstić information content (AvgIpc) is 2.57. The molecular weight excluding hydrogens is 357 g/mol. The van der Waals surface area contributed by atoms with Gasteiger partial charge in [0.1, 0.15) is 5.82 Å². The van der Waals surface area contributed by atoms with Crippen LogP contribution < -0.4 is 13.8 Å². The third-order valence-corrected chi connectivity index (χ3v) is 5.61. The number of anilines is 1. The van der Waals surface area contributed by atoms with Crippen molar-refractivity contribution in [2.45, 2.75) is 11.8 Å². The second-order valence-electron chi connectivity index (χ2n) is 4.78. The molecule has 0 amide bonds. The fourth-order valence-electron chi connectivity index (χ4n) is 2.24. The van der Waals surface area contributed by atoms with Gasteiger partial charge in [-0.05, 0) is 37.3 Å². The number of rotatable bonds is 6. The van der Waals surface area contributed by atoms with Gasteiger partial charge in [0, 0.05) is 12.6 Å². The fourth-order valence-corrected chi connectivity index (χ4v) is 3.89. The van der Waals surface area contributed by atoms with Crippen LogP contribution in [-0.4, -0.2) is 29.2 Å². The van der Waals surface area contributed by atoms with E-state index in [0.29, 0.717) is 11.5 Å². The Morgan fingerprint density at radius 1 is 1.08 bits per heavy atom. The van der Waals surface area contributed by atoms with Gasteiger partial charge in [-0.3, -0.25) is 4.31 Å². The number of halogens is 2. The summed E-state index contributed by atoms with van der Waals surface area (Å²) in [6, 6.07) is 8.08. The van der Waals surface area contributed by atoms with E-state index in [9.17, 15) is 12.8 Å². The van der Waals surface area contributed by atoms with E-state index in [1.165, 1.54) is 44.6 Å². The lowest BCUT2D eigenvalue weighted by Gasteiger charge is -2.23. The average molecular weight is 374 g/mol. The standard InChI is InChI=1S/C16H17ClFNO4S/c1-4-19(11-5-7-14(18)13(17)9-11)24(20,21)12-6-8-15(22-2)16(10-12)23-3/h5-10H,4H2,1-3H3. The molecule has 0 aliphatic rings. The first kappa shape index (κ1) is 18.4. The third kappa shape index (κ3) is 3.42. The van der Waals surface area contributed by atoms with Crippen molar-refractivity contribution in [1.29, 1.82) is 0 Å². The Hall–Kier alpha value is -1.99. The first-order valence-corrected chi connectivity index (χ1v) is 8.86. The first-order chi connectivity index (χ1) is 11.3. The molecule has 0 saturated heterocycles. The molecule has 0 aliphatic heterocycles. The van der Waals surface area contributed by atoms with Crippen molar-refractivity contribution in [2.24, 2.45) is 0 Å². The summed E-state index contributed by atoms with van der Waals surface area (Å²) in [7, 11) is -0.989. The summed E-state index contributed by atoms with van der Waals surface area (Å²) in [5.41, 5.74) is 0.277. The van der Waals surface area contributed by atoms with Gasteiger partial charge >= 0.3 is 0 Å². The summed E-state index contributed by atoms with van der Waals surface area (Å²) >= 11 is 5.77. The van der Waals surface area contributed by atoms with Crippen LogP contribution in [0.1, 0.15) is 6.92 Å². The van der Waals surface area contributed by atoms with Gasteiger partial charge in [0.2, 0.25) is 0 Å². The van der Waals surface area contributed by atoms with Crippen LogP contribution in [0.2, 0.25) is 5.02 Å². The third-order valence-electron chi connectivity index (χ3n) is 3.42. The number of benzene rings is 2. The second-order valence-corrected chi connectivity index (χ2v) is 7.05. The van der Waals surface area contributed by atoms with Gasteiger partial charge in [0.15, 0.2) is 11.5 Å². The van der Waals surface area contributed by atoms with Crippen LogP contribution in [-0.2, 0) is 10.0 Å². The van der Waals surface area contributed by atoms with E-state index in [0.717, 1.165) is 10.4 Å². The van der Waals surface area contributed by atoms with Crippen molar-refractivity contribution in [3.8, 4) is 11.5 Å². The molecular formula is C16H17ClFNO4S. The maximum absolute atomic E-state index is 13.3. The fraction of sp³-hybridized carbons (Fsp3) is 0.250. The van der Waals surface area contributed by atoms with E-state index in [-0.39, 0.29) is 22.2 Å². The summed E-state index contributed by atoms with van der Waals surface area (Å²) < 4.78 is 50.6. The minimum absolute atomic E-state index is 0.0300.